The molecule has 0 heterocycles. The molecule has 18 heavy (non-hydrogen) atoms. The van der Waals surface area contributed by atoms with Crippen LogP contribution in [0.1, 0.15) is 24.0 Å². The summed E-state index contributed by atoms with van der Waals surface area (Å²) in [7, 11) is 0. The number of nitrogens with zero attached hydrogens (tertiary/aromatic N) is 1. The molecular formula is C12H16ClN3O2. The van der Waals surface area contributed by atoms with Gasteiger partial charge < -0.3 is 21.4 Å². The van der Waals surface area contributed by atoms with Crippen LogP contribution in [-0.2, 0) is 6.54 Å². The predicted octanol–water partition coefficient (Wildman–Crippen LogP) is 1.05. The van der Waals surface area contributed by atoms with Crippen LogP contribution in [0.3, 0.4) is 0 Å². The molecule has 0 bridgehead atoms. The van der Waals surface area contributed by atoms with Gasteiger partial charge in [0.25, 0.3) is 0 Å². The number of aliphatic hydroxyl groups excluding tert-OH is 1. The van der Waals surface area contributed by atoms with E-state index in [0.717, 1.165) is 18.4 Å². The summed E-state index contributed by atoms with van der Waals surface area (Å²) in [5.74, 6) is 0.0328. The highest BCUT2D eigenvalue weighted by atomic mass is 35.5. The fourth-order valence-electron chi connectivity index (χ4n) is 1.73. The Labute approximate surface area is 110 Å². The smallest absolute Gasteiger partial charge is 0.170 e. The number of halogens is 1. The second kappa shape index (κ2) is 5.14. The van der Waals surface area contributed by atoms with Crippen molar-refractivity contribution in [1.82, 2.24) is 5.32 Å². The molecule has 0 radical (unpaired) electrons. The summed E-state index contributed by atoms with van der Waals surface area (Å²) >= 11 is 6.13. The van der Waals surface area contributed by atoms with Gasteiger partial charge in [-0.2, -0.15) is 0 Å². The number of rotatable bonds is 5. The third-order valence-corrected chi connectivity index (χ3v) is 3.62. The van der Waals surface area contributed by atoms with Gasteiger partial charge in [-0.1, -0.05) is 28.9 Å². The molecule has 0 saturated heterocycles. The van der Waals surface area contributed by atoms with Gasteiger partial charge in [0, 0.05) is 22.7 Å². The van der Waals surface area contributed by atoms with E-state index in [2.05, 4.69) is 10.5 Å². The van der Waals surface area contributed by atoms with E-state index in [9.17, 15) is 5.11 Å². The highest BCUT2D eigenvalue weighted by Gasteiger charge is 2.41. The highest BCUT2D eigenvalue weighted by molar-refractivity contribution is 6.31. The van der Waals surface area contributed by atoms with Crippen LogP contribution in [0.5, 0.6) is 0 Å². The SMILES string of the molecule is N/C(=N/O)c1ccc(CNC2(CO)CC2)c(Cl)c1. The third kappa shape index (κ3) is 2.75. The zero-order chi connectivity index (χ0) is 13.2. The maximum Gasteiger partial charge on any atom is 0.170 e. The van der Waals surface area contributed by atoms with Crippen molar-refractivity contribution in [2.24, 2.45) is 10.9 Å². The lowest BCUT2D eigenvalue weighted by Crippen LogP contribution is -2.34. The lowest BCUT2D eigenvalue weighted by molar-refractivity contribution is 0.229. The Morgan fingerprint density at radius 1 is 1.50 bits per heavy atom. The summed E-state index contributed by atoms with van der Waals surface area (Å²) in [4.78, 5) is 0. The second-order valence-corrected chi connectivity index (χ2v) is 4.99. The molecule has 5 nitrogen and oxygen atoms in total. The Balaban J connectivity index is 2.06. The van der Waals surface area contributed by atoms with Crippen LogP contribution in [0.15, 0.2) is 23.4 Å². The topological polar surface area (TPSA) is 90.9 Å². The minimum absolute atomic E-state index is 0.0328. The average Bonchev–Trinajstić information content (AvgIpc) is 3.17. The molecule has 1 saturated carbocycles. The van der Waals surface area contributed by atoms with Crippen LogP contribution < -0.4 is 11.1 Å². The van der Waals surface area contributed by atoms with E-state index >= 15 is 0 Å². The lowest BCUT2D eigenvalue weighted by Gasteiger charge is -2.15. The molecule has 6 heteroatoms. The number of benzene rings is 1. The Bertz CT molecular complexity index is 472. The number of oxime groups is 1. The standard InChI is InChI=1S/C12H16ClN3O2/c13-10-5-8(11(14)16-18)1-2-9(10)6-15-12(7-17)3-4-12/h1-2,5,15,17-18H,3-4,6-7H2,(H2,14,16). The summed E-state index contributed by atoms with van der Waals surface area (Å²) in [6.45, 7) is 0.739. The normalized spacial score (nSPS) is 17.8. The largest absolute Gasteiger partial charge is 0.409 e. The van der Waals surface area contributed by atoms with Gasteiger partial charge in [-0.25, -0.2) is 0 Å². The maximum atomic E-state index is 9.20. The van der Waals surface area contributed by atoms with Crippen LogP contribution in [0.25, 0.3) is 0 Å². The molecular weight excluding hydrogens is 254 g/mol. The van der Waals surface area contributed by atoms with Crippen molar-refractivity contribution in [2.45, 2.75) is 24.9 Å². The molecule has 1 aliphatic carbocycles. The molecule has 0 aliphatic heterocycles. The average molecular weight is 270 g/mol. The third-order valence-electron chi connectivity index (χ3n) is 3.27. The van der Waals surface area contributed by atoms with Crippen LogP contribution >= 0.6 is 11.6 Å². The molecule has 0 unspecified atom stereocenters. The molecule has 0 atom stereocenters. The minimum Gasteiger partial charge on any atom is -0.409 e. The first-order valence-electron chi connectivity index (χ1n) is 5.72. The summed E-state index contributed by atoms with van der Waals surface area (Å²) in [5, 5.41) is 24.6. The van der Waals surface area contributed by atoms with Gasteiger partial charge in [-0.15, -0.1) is 0 Å². The van der Waals surface area contributed by atoms with Gasteiger partial charge in [-0.05, 0) is 24.5 Å². The summed E-state index contributed by atoms with van der Waals surface area (Å²) in [6, 6.07) is 5.23. The van der Waals surface area contributed by atoms with Crippen molar-refractivity contribution in [3.63, 3.8) is 0 Å². The Kier molecular flexibility index (Phi) is 3.75. The quantitative estimate of drug-likeness (QED) is 0.278. The molecule has 0 spiro atoms. The van der Waals surface area contributed by atoms with Gasteiger partial charge in [-0.3, -0.25) is 0 Å². The van der Waals surface area contributed by atoms with Crippen LogP contribution in [0.4, 0.5) is 0 Å². The van der Waals surface area contributed by atoms with Crippen molar-refractivity contribution in [3.05, 3.63) is 34.3 Å². The maximum absolute atomic E-state index is 9.20. The zero-order valence-corrected chi connectivity index (χ0v) is 10.6. The summed E-state index contributed by atoms with van der Waals surface area (Å²) < 4.78 is 0. The Morgan fingerprint density at radius 2 is 2.22 bits per heavy atom. The second-order valence-electron chi connectivity index (χ2n) is 4.58. The molecule has 1 aromatic rings. The van der Waals surface area contributed by atoms with E-state index in [1.807, 2.05) is 6.07 Å². The van der Waals surface area contributed by atoms with Gasteiger partial charge >= 0.3 is 0 Å². The molecule has 0 amide bonds. The molecule has 1 aromatic carbocycles. The fraction of sp³-hybridized carbons (Fsp3) is 0.417. The number of aliphatic hydroxyl groups is 1. The molecule has 2 rings (SSSR count). The first-order valence-corrected chi connectivity index (χ1v) is 6.10. The van der Waals surface area contributed by atoms with Crippen molar-refractivity contribution < 1.29 is 10.3 Å². The van der Waals surface area contributed by atoms with Crippen molar-refractivity contribution >= 4 is 17.4 Å². The summed E-state index contributed by atoms with van der Waals surface area (Å²) in [5.41, 5.74) is 6.86. The van der Waals surface area contributed by atoms with Gasteiger partial charge in [0.15, 0.2) is 5.84 Å². The van der Waals surface area contributed by atoms with Crippen LogP contribution in [0, 0.1) is 0 Å². The molecule has 0 aromatic heterocycles. The van der Waals surface area contributed by atoms with E-state index in [0.29, 0.717) is 17.1 Å². The van der Waals surface area contributed by atoms with E-state index in [-0.39, 0.29) is 18.0 Å². The molecule has 1 fully saturated rings. The molecule has 98 valence electrons. The minimum atomic E-state index is -0.117. The van der Waals surface area contributed by atoms with Crippen LogP contribution in [-0.4, -0.2) is 28.3 Å². The van der Waals surface area contributed by atoms with Crippen LogP contribution in [0.2, 0.25) is 5.02 Å². The zero-order valence-electron chi connectivity index (χ0n) is 9.86. The first-order chi connectivity index (χ1) is 8.60. The van der Waals surface area contributed by atoms with Crippen molar-refractivity contribution in [3.8, 4) is 0 Å². The van der Waals surface area contributed by atoms with Crippen molar-refractivity contribution in [2.75, 3.05) is 6.61 Å². The number of hydrogen-bond donors (Lipinski definition) is 4. The van der Waals surface area contributed by atoms with Gasteiger partial charge in [0.2, 0.25) is 0 Å². The predicted molar refractivity (Wildman–Crippen MR) is 69.9 cm³/mol. The molecule has 5 N–H and O–H groups in total. The fourth-order valence-corrected chi connectivity index (χ4v) is 1.98. The summed E-state index contributed by atoms with van der Waals surface area (Å²) in [6.07, 6.45) is 1.98. The molecule has 1 aliphatic rings. The van der Waals surface area contributed by atoms with Crippen molar-refractivity contribution in [1.29, 1.82) is 0 Å². The van der Waals surface area contributed by atoms with Gasteiger partial charge in [0.05, 0.1) is 6.61 Å². The first kappa shape index (κ1) is 13.1. The van der Waals surface area contributed by atoms with E-state index in [1.165, 1.54) is 0 Å². The number of amidine groups is 1. The Morgan fingerprint density at radius 3 is 2.72 bits per heavy atom. The number of nitrogens with two attached hydrogens (primary N) is 1. The van der Waals surface area contributed by atoms with Gasteiger partial charge in [0.1, 0.15) is 0 Å². The van der Waals surface area contributed by atoms with E-state index < -0.39 is 0 Å². The number of hydrogen-bond acceptors (Lipinski definition) is 4. The Hall–Kier alpha value is -1.30. The van der Waals surface area contributed by atoms with E-state index in [4.69, 9.17) is 22.5 Å². The lowest BCUT2D eigenvalue weighted by atomic mass is 10.1. The monoisotopic (exact) mass is 269 g/mol. The van der Waals surface area contributed by atoms with E-state index in [1.54, 1.807) is 12.1 Å². The number of nitrogens with one attached hydrogen (secondary N) is 1. The highest BCUT2D eigenvalue weighted by Crippen LogP contribution is 2.35.